The number of hydrogen-bond donors (Lipinski definition) is 1. The second kappa shape index (κ2) is 9.93. The van der Waals surface area contributed by atoms with Gasteiger partial charge in [0.05, 0.1) is 11.4 Å². The van der Waals surface area contributed by atoms with Crippen LogP contribution in [0.25, 0.3) is 0 Å². The number of nitrogens with one attached hydrogen (secondary N) is 1. The van der Waals surface area contributed by atoms with Crippen molar-refractivity contribution < 1.29 is 4.79 Å². The summed E-state index contributed by atoms with van der Waals surface area (Å²) < 4.78 is 0. The molecule has 3 rings (SSSR count). The van der Waals surface area contributed by atoms with Crippen LogP contribution in [0, 0.1) is 0 Å². The molecule has 1 aliphatic heterocycles. The molecule has 0 unspecified atom stereocenters. The molecular weight excluding hydrogens is 360 g/mol. The highest BCUT2D eigenvalue weighted by atomic mass is 32.2. The van der Waals surface area contributed by atoms with E-state index in [1.807, 2.05) is 53.1 Å². The molecule has 1 heterocycles. The average molecular weight is 387 g/mol. The Morgan fingerprint density at radius 2 is 1.58 bits per heavy atom. The molecule has 5 heteroatoms. The molecular formula is C21H26N2OS2. The van der Waals surface area contributed by atoms with Crippen LogP contribution in [-0.2, 0) is 0 Å². The molecule has 0 aliphatic carbocycles. The SMILES string of the molecule is CCCCCSCCCNC(=O)N1c2ccccc2Sc2ccccc21. The van der Waals surface area contributed by atoms with Gasteiger partial charge < -0.3 is 5.32 Å². The molecule has 0 bridgehead atoms. The Kier molecular flexibility index (Phi) is 7.32. The minimum absolute atomic E-state index is 0.0406. The van der Waals surface area contributed by atoms with Crippen LogP contribution < -0.4 is 10.2 Å². The van der Waals surface area contributed by atoms with Gasteiger partial charge in [-0.25, -0.2) is 4.79 Å². The number of thioether (sulfide) groups is 1. The minimum Gasteiger partial charge on any atom is -0.337 e. The molecule has 138 valence electrons. The summed E-state index contributed by atoms with van der Waals surface area (Å²) in [6.07, 6.45) is 4.89. The number of anilines is 2. The van der Waals surface area contributed by atoms with E-state index in [1.165, 1.54) is 25.0 Å². The van der Waals surface area contributed by atoms with E-state index in [-0.39, 0.29) is 6.03 Å². The highest BCUT2D eigenvalue weighted by Gasteiger charge is 2.27. The molecule has 26 heavy (non-hydrogen) atoms. The van der Waals surface area contributed by atoms with Gasteiger partial charge in [0.1, 0.15) is 0 Å². The van der Waals surface area contributed by atoms with Crippen molar-refractivity contribution in [2.45, 2.75) is 42.4 Å². The fraction of sp³-hybridized carbons (Fsp3) is 0.381. The smallest absolute Gasteiger partial charge is 0.326 e. The van der Waals surface area contributed by atoms with Crippen LogP contribution in [0.1, 0.15) is 32.6 Å². The van der Waals surface area contributed by atoms with Gasteiger partial charge in [0.2, 0.25) is 0 Å². The minimum atomic E-state index is -0.0406. The number of carbonyl (C=O) groups excluding carboxylic acids is 1. The van der Waals surface area contributed by atoms with Crippen LogP contribution in [0.2, 0.25) is 0 Å². The first kappa shape index (κ1) is 19.2. The summed E-state index contributed by atoms with van der Waals surface area (Å²) >= 11 is 3.71. The van der Waals surface area contributed by atoms with Gasteiger partial charge in [-0.1, -0.05) is 55.8 Å². The summed E-state index contributed by atoms with van der Waals surface area (Å²) in [6.45, 7) is 2.95. The lowest BCUT2D eigenvalue weighted by molar-refractivity contribution is 0.248. The summed E-state index contributed by atoms with van der Waals surface area (Å²) in [6, 6.07) is 16.1. The molecule has 0 atom stereocenters. The lowest BCUT2D eigenvalue weighted by atomic mass is 10.2. The quantitative estimate of drug-likeness (QED) is 0.539. The fourth-order valence-corrected chi connectivity index (χ4v) is 4.95. The van der Waals surface area contributed by atoms with Gasteiger partial charge in [0.25, 0.3) is 0 Å². The predicted octanol–water partition coefficient (Wildman–Crippen LogP) is 6.31. The average Bonchev–Trinajstić information content (AvgIpc) is 2.68. The number of amides is 2. The Balaban J connectivity index is 1.57. The number of carbonyl (C=O) groups is 1. The second-order valence-corrected chi connectivity index (χ2v) is 8.59. The third kappa shape index (κ3) is 4.77. The Bertz CT molecular complexity index is 690. The molecule has 1 aliphatic rings. The lowest BCUT2D eigenvalue weighted by Crippen LogP contribution is -2.38. The van der Waals surface area contributed by atoms with E-state index in [2.05, 4.69) is 24.4 Å². The first-order chi connectivity index (χ1) is 12.8. The Hall–Kier alpha value is -1.59. The molecule has 0 radical (unpaired) electrons. The van der Waals surface area contributed by atoms with Crippen molar-refractivity contribution >= 4 is 40.9 Å². The van der Waals surface area contributed by atoms with E-state index in [0.717, 1.165) is 33.3 Å². The van der Waals surface area contributed by atoms with Crippen LogP contribution in [0.5, 0.6) is 0 Å². The van der Waals surface area contributed by atoms with Crippen LogP contribution in [0.15, 0.2) is 58.3 Å². The van der Waals surface area contributed by atoms with E-state index in [0.29, 0.717) is 6.54 Å². The van der Waals surface area contributed by atoms with Crippen molar-refractivity contribution in [3.63, 3.8) is 0 Å². The van der Waals surface area contributed by atoms with Crippen molar-refractivity contribution in [1.29, 1.82) is 0 Å². The summed E-state index contributed by atoms with van der Waals surface area (Å²) in [5.74, 6) is 2.33. The molecule has 0 saturated carbocycles. The van der Waals surface area contributed by atoms with Crippen molar-refractivity contribution in [2.24, 2.45) is 0 Å². The summed E-state index contributed by atoms with van der Waals surface area (Å²) in [5.41, 5.74) is 1.92. The van der Waals surface area contributed by atoms with Gasteiger partial charge in [-0.3, -0.25) is 4.90 Å². The van der Waals surface area contributed by atoms with Crippen molar-refractivity contribution in [3.8, 4) is 0 Å². The molecule has 2 aromatic carbocycles. The Morgan fingerprint density at radius 1 is 0.962 bits per heavy atom. The number of fused-ring (bicyclic) bond motifs is 2. The number of para-hydroxylation sites is 2. The maximum absolute atomic E-state index is 12.9. The Labute approximate surface area is 164 Å². The second-order valence-electron chi connectivity index (χ2n) is 6.28. The van der Waals surface area contributed by atoms with Gasteiger partial charge in [0.15, 0.2) is 0 Å². The third-order valence-corrected chi connectivity index (χ3v) is 6.55. The van der Waals surface area contributed by atoms with Gasteiger partial charge in [-0.05, 0) is 48.6 Å². The van der Waals surface area contributed by atoms with Crippen molar-refractivity contribution in [1.82, 2.24) is 5.32 Å². The van der Waals surface area contributed by atoms with E-state index in [9.17, 15) is 4.79 Å². The Morgan fingerprint density at radius 3 is 2.23 bits per heavy atom. The zero-order valence-corrected chi connectivity index (χ0v) is 16.9. The van der Waals surface area contributed by atoms with Gasteiger partial charge in [0, 0.05) is 16.3 Å². The molecule has 0 saturated heterocycles. The zero-order valence-electron chi connectivity index (χ0n) is 15.2. The molecule has 1 N–H and O–H groups in total. The molecule has 3 nitrogen and oxygen atoms in total. The number of unbranched alkanes of at least 4 members (excludes halogenated alkanes) is 2. The highest BCUT2D eigenvalue weighted by molar-refractivity contribution is 7.99. The maximum atomic E-state index is 12.9. The van der Waals surface area contributed by atoms with E-state index < -0.39 is 0 Å². The van der Waals surface area contributed by atoms with E-state index >= 15 is 0 Å². The normalized spacial score (nSPS) is 12.4. The summed E-state index contributed by atoms with van der Waals surface area (Å²) in [5, 5.41) is 3.10. The molecule has 0 aromatic heterocycles. The standard InChI is InChI=1S/C21H26N2OS2/c1-2-3-8-15-25-16-9-14-22-21(24)23-17-10-4-6-12-19(17)26-20-13-7-5-11-18(20)23/h4-7,10-13H,2-3,8-9,14-16H2,1H3,(H,22,24). The van der Waals surface area contributed by atoms with Crippen LogP contribution in [0.3, 0.4) is 0 Å². The van der Waals surface area contributed by atoms with Gasteiger partial charge >= 0.3 is 6.03 Å². The monoisotopic (exact) mass is 386 g/mol. The van der Waals surface area contributed by atoms with Crippen LogP contribution in [0.4, 0.5) is 16.2 Å². The molecule has 0 fully saturated rings. The number of rotatable bonds is 8. The zero-order chi connectivity index (χ0) is 18.2. The fourth-order valence-electron chi connectivity index (χ4n) is 2.93. The highest BCUT2D eigenvalue weighted by Crippen LogP contribution is 2.47. The number of nitrogens with zero attached hydrogens (tertiary/aromatic N) is 1. The van der Waals surface area contributed by atoms with E-state index in [4.69, 9.17) is 0 Å². The van der Waals surface area contributed by atoms with Gasteiger partial charge in [-0.2, -0.15) is 11.8 Å². The van der Waals surface area contributed by atoms with Crippen molar-refractivity contribution in [3.05, 3.63) is 48.5 Å². The van der Waals surface area contributed by atoms with Gasteiger partial charge in [-0.15, -0.1) is 0 Å². The summed E-state index contributed by atoms with van der Waals surface area (Å²) in [7, 11) is 0. The van der Waals surface area contributed by atoms with Crippen LogP contribution >= 0.6 is 23.5 Å². The topological polar surface area (TPSA) is 32.3 Å². The van der Waals surface area contributed by atoms with Crippen LogP contribution in [-0.4, -0.2) is 24.1 Å². The summed E-state index contributed by atoms with van der Waals surface area (Å²) in [4.78, 5) is 16.9. The number of hydrogen-bond acceptors (Lipinski definition) is 3. The molecule has 2 amide bonds. The number of benzene rings is 2. The first-order valence-corrected chi connectivity index (χ1v) is 11.3. The largest absolute Gasteiger partial charge is 0.337 e. The lowest BCUT2D eigenvalue weighted by Gasteiger charge is -2.31. The van der Waals surface area contributed by atoms with Crippen molar-refractivity contribution in [2.75, 3.05) is 23.0 Å². The predicted molar refractivity (Wildman–Crippen MR) is 114 cm³/mol. The maximum Gasteiger partial charge on any atom is 0.326 e. The third-order valence-electron chi connectivity index (χ3n) is 4.27. The molecule has 2 aromatic rings. The van der Waals surface area contributed by atoms with E-state index in [1.54, 1.807) is 11.8 Å². The number of urea groups is 1. The molecule has 0 spiro atoms. The first-order valence-electron chi connectivity index (χ1n) is 9.33.